The molecular weight excluding hydrogens is 412 g/mol. The maximum Gasteiger partial charge on any atom is 0.418 e. The minimum atomic E-state index is -4.79. The van der Waals surface area contributed by atoms with Crippen LogP contribution < -0.4 is 10.5 Å². The highest BCUT2D eigenvalue weighted by molar-refractivity contribution is 7.89. The maximum absolute atomic E-state index is 13.8. The second kappa shape index (κ2) is 7.92. The van der Waals surface area contributed by atoms with Crippen molar-refractivity contribution in [2.75, 3.05) is 25.1 Å². The van der Waals surface area contributed by atoms with Crippen LogP contribution in [0.15, 0.2) is 47.4 Å². The van der Waals surface area contributed by atoms with Gasteiger partial charge in [0, 0.05) is 30.9 Å². The zero-order chi connectivity index (χ0) is 21.3. The molecule has 1 aliphatic rings. The van der Waals surface area contributed by atoms with E-state index in [-0.39, 0.29) is 12.2 Å². The Hall–Kier alpha value is -2.17. The van der Waals surface area contributed by atoms with Gasteiger partial charge in [-0.2, -0.15) is 13.2 Å². The smallest absolute Gasteiger partial charge is 0.384 e. The van der Waals surface area contributed by atoms with Crippen LogP contribution in [-0.2, 0) is 26.4 Å². The topological polar surface area (TPSA) is 81.4 Å². The van der Waals surface area contributed by atoms with Gasteiger partial charge in [-0.05, 0) is 48.7 Å². The van der Waals surface area contributed by atoms with Crippen molar-refractivity contribution < 1.29 is 30.7 Å². The van der Waals surface area contributed by atoms with Crippen molar-refractivity contribution in [2.24, 2.45) is 5.14 Å². The standard InChI is InChI=1S/C19H20F4N2O3S/c20-14-3-1-2-13(10-14)18(6-8-28-9-7-18)12-25-17-5-4-15(29(24,26)27)11-16(17)19(21,22)23/h1-5,10-11,25H,6-9,12H2,(H2,24,26,27). The minimum absolute atomic E-state index is 0.0949. The van der Waals surface area contributed by atoms with Gasteiger partial charge in [0.15, 0.2) is 0 Å². The van der Waals surface area contributed by atoms with Crippen LogP contribution in [0.3, 0.4) is 0 Å². The van der Waals surface area contributed by atoms with Crippen molar-refractivity contribution in [1.82, 2.24) is 0 Å². The van der Waals surface area contributed by atoms with Crippen LogP contribution >= 0.6 is 0 Å². The first-order valence-electron chi connectivity index (χ1n) is 8.83. The zero-order valence-corrected chi connectivity index (χ0v) is 16.1. The summed E-state index contributed by atoms with van der Waals surface area (Å²) in [4.78, 5) is -0.624. The molecule has 3 N–H and O–H groups in total. The number of nitrogens with one attached hydrogen (secondary N) is 1. The lowest BCUT2D eigenvalue weighted by molar-refractivity contribution is -0.137. The molecule has 0 aromatic heterocycles. The molecule has 29 heavy (non-hydrogen) atoms. The van der Waals surface area contributed by atoms with E-state index >= 15 is 0 Å². The molecule has 0 spiro atoms. The Bertz CT molecular complexity index is 987. The summed E-state index contributed by atoms with van der Waals surface area (Å²) >= 11 is 0. The molecule has 0 saturated carbocycles. The number of hydrogen-bond acceptors (Lipinski definition) is 4. The highest BCUT2D eigenvalue weighted by Crippen LogP contribution is 2.39. The molecule has 0 amide bonds. The molecule has 2 aromatic rings. The molecule has 10 heteroatoms. The summed E-state index contributed by atoms with van der Waals surface area (Å²) in [7, 11) is -4.28. The normalized spacial score (nSPS) is 17.1. The predicted octanol–water partition coefficient (Wildman–Crippen LogP) is 3.65. The summed E-state index contributed by atoms with van der Waals surface area (Å²) in [5.74, 6) is -0.429. The van der Waals surface area contributed by atoms with E-state index in [1.165, 1.54) is 12.1 Å². The number of halogens is 4. The highest BCUT2D eigenvalue weighted by Gasteiger charge is 2.38. The monoisotopic (exact) mass is 432 g/mol. The van der Waals surface area contributed by atoms with Crippen molar-refractivity contribution in [3.63, 3.8) is 0 Å². The first kappa shape index (κ1) is 21.5. The van der Waals surface area contributed by atoms with Crippen molar-refractivity contribution in [3.05, 3.63) is 59.4 Å². The van der Waals surface area contributed by atoms with Crippen molar-refractivity contribution in [2.45, 2.75) is 29.3 Å². The molecule has 5 nitrogen and oxygen atoms in total. The predicted molar refractivity (Wildman–Crippen MR) is 99.4 cm³/mol. The average Bonchev–Trinajstić information content (AvgIpc) is 2.65. The first-order valence-corrected chi connectivity index (χ1v) is 10.4. The minimum Gasteiger partial charge on any atom is -0.384 e. The van der Waals surface area contributed by atoms with Gasteiger partial charge in [0.2, 0.25) is 10.0 Å². The number of sulfonamides is 1. The fraction of sp³-hybridized carbons (Fsp3) is 0.368. The number of primary sulfonamides is 1. The summed E-state index contributed by atoms with van der Waals surface area (Å²) < 4.78 is 82.5. The SMILES string of the molecule is NS(=O)(=O)c1ccc(NCC2(c3cccc(F)c3)CCOCC2)c(C(F)(F)F)c1. The summed E-state index contributed by atoms with van der Waals surface area (Å²) in [6, 6.07) is 8.55. The first-order chi connectivity index (χ1) is 13.5. The quantitative estimate of drug-likeness (QED) is 0.707. The Balaban J connectivity index is 1.96. The molecule has 158 valence electrons. The third-order valence-electron chi connectivity index (χ3n) is 5.13. The van der Waals surface area contributed by atoms with Gasteiger partial charge in [0.1, 0.15) is 5.82 Å². The Morgan fingerprint density at radius 2 is 1.79 bits per heavy atom. The van der Waals surface area contributed by atoms with E-state index in [1.54, 1.807) is 12.1 Å². The third-order valence-corrected chi connectivity index (χ3v) is 6.04. The van der Waals surface area contributed by atoms with Crippen molar-refractivity contribution in [1.29, 1.82) is 0 Å². The van der Waals surface area contributed by atoms with Gasteiger partial charge in [-0.3, -0.25) is 0 Å². The van der Waals surface area contributed by atoms with Gasteiger partial charge in [0.05, 0.1) is 10.5 Å². The lowest BCUT2D eigenvalue weighted by Gasteiger charge is -2.38. The van der Waals surface area contributed by atoms with Gasteiger partial charge < -0.3 is 10.1 Å². The van der Waals surface area contributed by atoms with Crippen LogP contribution in [0.4, 0.5) is 23.2 Å². The van der Waals surface area contributed by atoms with Crippen LogP contribution in [0.25, 0.3) is 0 Å². The number of rotatable bonds is 5. The number of anilines is 1. The van der Waals surface area contributed by atoms with Crippen LogP contribution in [0.1, 0.15) is 24.0 Å². The van der Waals surface area contributed by atoms with E-state index in [0.717, 1.165) is 12.1 Å². The van der Waals surface area contributed by atoms with Crippen LogP contribution in [-0.4, -0.2) is 28.2 Å². The van der Waals surface area contributed by atoms with E-state index in [1.807, 2.05) is 0 Å². The third kappa shape index (κ3) is 4.88. The summed E-state index contributed by atoms with van der Waals surface area (Å²) in [5, 5.41) is 7.75. The molecule has 3 rings (SSSR count). The molecule has 0 unspecified atom stereocenters. The number of hydrogen-bond donors (Lipinski definition) is 2. The van der Waals surface area contributed by atoms with E-state index in [2.05, 4.69) is 5.32 Å². The summed E-state index contributed by atoms with van der Waals surface area (Å²) in [6.45, 7) is 0.890. The number of ether oxygens (including phenoxy) is 1. The van der Waals surface area contributed by atoms with Crippen molar-refractivity contribution >= 4 is 15.7 Å². The molecule has 0 radical (unpaired) electrons. The second-order valence-corrected chi connectivity index (χ2v) is 8.57. The summed E-state index contributed by atoms with van der Waals surface area (Å²) in [6.07, 6.45) is -3.79. The molecule has 2 aromatic carbocycles. The molecule has 1 aliphatic heterocycles. The molecule has 0 atom stereocenters. The van der Waals surface area contributed by atoms with Crippen LogP contribution in [0.5, 0.6) is 0 Å². The van der Waals surface area contributed by atoms with Gasteiger partial charge in [-0.15, -0.1) is 0 Å². The van der Waals surface area contributed by atoms with Gasteiger partial charge in [-0.1, -0.05) is 12.1 Å². The molecule has 1 heterocycles. The molecule has 1 fully saturated rings. The van der Waals surface area contributed by atoms with E-state index in [9.17, 15) is 26.0 Å². The number of benzene rings is 2. The van der Waals surface area contributed by atoms with Gasteiger partial charge in [0.25, 0.3) is 0 Å². The van der Waals surface area contributed by atoms with Crippen molar-refractivity contribution in [3.8, 4) is 0 Å². The fourth-order valence-electron chi connectivity index (χ4n) is 3.50. The molecular formula is C19H20F4N2O3S. The maximum atomic E-state index is 13.8. The van der Waals surface area contributed by atoms with Crippen LogP contribution in [0.2, 0.25) is 0 Å². The zero-order valence-electron chi connectivity index (χ0n) is 15.3. The van der Waals surface area contributed by atoms with Gasteiger partial charge in [-0.25, -0.2) is 17.9 Å². The highest BCUT2D eigenvalue weighted by atomic mass is 32.2. The number of alkyl halides is 3. The lowest BCUT2D eigenvalue weighted by Crippen LogP contribution is -2.40. The summed E-state index contributed by atoms with van der Waals surface area (Å²) in [5.41, 5.74) is -1.36. The Kier molecular flexibility index (Phi) is 5.88. The Labute approximate surface area is 165 Å². The largest absolute Gasteiger partial charge is 0.418 e. The molecule has 1 saturated heterocycles. The second-order valence-electron chi connectivity index (χ2n) is 7.01. The Morgan fingerprint density at radius 3 is 2.38 bits per heavy atom. The molecule has 0 aliphatic carbocycles. The van der Waals surface area contributed by atoms with E-state index < -0.39 is 37.9 Å². The van der Waals surface area contributed by atoms with Gasteiger partial charge >= 0.3 is 6.18 Å². The van der Waals surface area contributed by atoms with E-state index in [4.69, 9.17) is 9.88 Å². The fourth-order valence-corrected chi connectivity index (χ4v) is 4.04. The number of nitrogens with two attached hydrogens (primary N) is 1. The van der Waals surface area contributed by atoms with E-state index in [0.29, 0.717) is 37.7 Å². The van der Waals surface area contributed by atoms with Crippen LogP contribution in [0, 0.1) is 5.82 Å². The average molecular weight is 432 g/mol. The Morgan fingerprint density at radius 1 is 1.10 bits per heavy atom. The molecule has 0 bridgehead atoms. The lowest BCUT2D eigenvalue weighted by atomic mass is 9.74.